The van der Waals surface area contributed by atoms with Crippen LogP contribution in [0.4, 0.5) is 0 Å². The molecule has 0 aliphatic carbocycles. The lowest BCUT2D eigenvalue weighted by Crippen LogP contribution is -1.93. The van der Waals surface area contributed by atoms with Crippen molar-refractivity contribution in [3.8, 4) is 11.5 Å². The van der Waals surface area contributed by atoms with Crippen molar-refractivity contribution in [2.24, 2.45) is 5.10 Å². The van der Waals surface area contributed by atoms with Crippen LogP contribution in [0.2, 0.25) is 0 Å². The molecule has 128 valence electrons. The first-order chi connectivity index (χ1) is 12.2. The molecule has 7 heteroatoms. The molecular formula is C18H18N4O2S. The summed E-state index contributed by atoms with van der Waals surface area (Å²) in [6.45, 7) is 2.07. The van der Waals surface area contributed by atoms with Gasteiger partial charge in [-0.1, -0.05) is 41.6 Å². The standard InChI is InChI=1S/C18H18N4O2S/c1-13-3-5-14(6-4-13)11-25-18-21-19-12-22(18)20-10-15-7-8-16(23)17(9-15)24-2/h3-10,12,23H,11H2,1-2H3/b20-10-. The minimum atomic E-state index is 0.0956. The molecule has 6 nitrogen and oxygen atoms in total. The molecule has 0 unspecified atom stereocenters. The predicted octanol–water partition coefficient (Wildman–Crippen LogP) is 3.48. The van der Waals surface area contributed by atoms with Crippen LogP contribution in [0, 0.1) is 6.92 Å². The van der Waals surface area contributed by atoms with Gasteiger partial charge in [-0.3, -0.25) is 0 Å². The van der Waals surface area contributed by atoms with Gasteiger partial charge in [0.1, 0.15) is 6.33 Å². The van der Waals surface area contributed by atoms with Crippen molar-refractivity contribution >= 4 is 18.0 Å². The Kier molecular flexibility index (Phi) is 5.35. The highest BCUT2D eigenvalue weighted by atomic mass is 32.2. The first-order valence-electron chi connectivity index (χ1n) is 7.65. The smallest absolute Gasteiger partial charge is 0.212 e. The zero-order valence-electron chi connectivity index (χ0n) is 14.0. The number of thioether (sulfide) groups is 1. The van der Waals surface area contributed by atoms with Crippen molar-refractivity contribution in [3.05, 3.63) is 65.5 Å². The van der Waals surface area contributed by atoms with Crippen molar-refractivity contribution in [3.63, 3.8) is 0 Å². The molecule has 1 heterocycles. The van der Waals surface area contributed by atoms with Crippen LogP contribution in [0.3, 0.4) is 0 Å². The predicted molar refractivity (Wildman–Crippen MR) is 98.4 cm³/mol. The number of rotatable bonds is 6. The lowest BCUT2D eigenvalue weighted by atomic mass is 10.2. The molecule has 1 N–H and O–H groups in total. The largest absolute Gasteiger partial charge is 0.504 e. The van der Waals surface area contributed by atoms with Crippen molar-refractivity contribution in [2.75, 3.05) is 7.11 Å². The van der Waals surface area contributed by atoms with Gasteiger partial charge in [0.05, 0.1) is 13.3 Å². The Morgan fingerprint density at radius 1 is 1.24 bits per heavy atom. The topological polar surface area (TPSA) is 72.5 Å². The van der Waals surface area contributed by atoms with Crippen LogP contribution in [0.25, 0.3) is 0 Å². The fraction of sp³-hybridized carbons (Fsp3) is 0.167. The Balaban J connectivity index is 1.70. The molecule has 2 aromatic carbocycles. The minimum absolute atomic E-state index is 0.0956. The summed E-state index contributed by atoms with van der Waals surface area (Å²) in [5.41, 5.74) is 3.26. The fourth-order valence-electron chi connectivity index (χ4n) is 2.13. The summed E-state index contributed by atoms with van der Waals surface area (Å²) in [6.07, 6.45) is 3.23. The second kappa shape index (κ2) is 7.85. The zero-order valence-corrected chi connectivity index (χ0v) is 14.8. The van der Waals surface area contributed by atoms with Crippen molar-refractivity contribution < 1.29 is 9.84 Å². The van der Waals surface area contributed by atoms with Crippen LogP contribution in [0.15, 0.2) is 59.0 Å². The first-order valence-corrected chi connectivity index (χ1v) is 8.64. The second-order valence-corrected chi connectivity index (χ2v) is 6.35. The van der Waals surface area contributed by atoms with E-state index in [4.69, 9.17) is 4.74 Å². The van der Waals surface area contributed by atoms with Gasteiger partial charge in [0.15, 0.2) is 11.5 Å². The summed E-state index contributed by atoms with van der Waals surface area (Å²) < 4.78 is 6.72. The Bertz CT molecular complexity index is 875. The molecular weight excluding hydrogens is 336 g/mol. The van der Waals surface area contributed by atoms with Gasteiger partial charge in [-0.05, 0) is 36.2 Å². The quantitative estimate of drug-likeness (QED) is 0.542. The highest BCUT2D eigenvalue weighted by Crippen LogP contribution is 2.25. The van der Waals surface area contributed by atoms with E-state index < -0.39 is 0 Å². The number of aromatic nitrogens is 3. The Morgan fingerprint density at radius 2 is 2.04 bits per heavy atom. The van der Waals surface area contributed by atoms with E-state index in [0.29, 0.717) is 10.9 Å². The van der Waals surface area contributed by atoms with Gasteiger partial charge < -0.3 is 9.84 Å². The molecule has 0 radical (unpaired) electrons. The normalized spacial score (nSPS) is 11.1. The molecule has 0 bridgehead atoms. The molecule has 0 saturated carbocycles. The number of benzene rings is 2. The SMILES string of the molecule is COc1cc(/C=N\n2cnnc2SCc2ccc(C)cc2)ccc1O. The number of phenolic OH excluding ortho intramolecular Hbond substituents is 1. The van der Waals surface area contributed by atoms with E-state index in [-0.39, 0.29) is 5.75 Å². The summed E-state index contributed by atoms with van der Waals surface area (Å²) in [5.74, 6) is 1.29. The van der Waals surface area contributed by atoms with E-state index in [2.05, 4.69) is 46.5 Å². The molecule has 0 amide bonds. The van der Waals surface area contributed by atoms with Gasteiger partial charge in [-0.25, -0.2) is 0 Å². The third-order valence-corrected chi connectivity index (χ3v) is 4.53. The Labute approximate surface area is 150 Å². The van der Waals surface area contributed by atoms with E-state index >= 15 is 0 Å². The number of ether oxygens (including phenoxy) is 1. The molecule has 3 aromatic rings. The van der Waals surface area contributed by atoms with E-state index in [1.807, 2.05) is 0 Å². The molecule has 25 heavy (non-hydrogen) atoms. The number of hydrogen-bond donors (Lipinski definition) is 1. The number of methoxy groups -OCH3 is 1. The number of hydrogen-bond acceptors (Lipinski definition) is 6. The average Bonchev–Trinajstić information content (AvgIpc) is 3.08. The molecule has 0 fully saturated rings. The fourth-order valence-corrected chi connectivity index (χ4v) is 2.95. The van der Waals surface area contributed by atoms with Crippen LogP contribution in [0.1, 0.15) is 16.7 Å². The van der Waals surface area contributed by atoms with E-state index in [0.717, 1.165) is 11.3 Å². The Hall–Kier alpha value is -2.80. The van der Waals surface area contributed by atoms with Crippen molar-refractivity contribution in [1.82, 2.24) is 14.9 Å². The lowest BCUT2D eigenvalue weighted by Gasteiger charge is -2.04. The van der Waals surface area contributed by atoms with Gasteiger partial charge in [0.2, 0.25) is 5.16 Å². The molecule has 0 spiro atoms. The maximum absolute atomic E-state index is 9.63. The zero-order chi connectivity index (χ0) is 17.6. The summed E-state index contributed by atoms with van der Waals surface area (Å²) >= 11 is 1.57. The van der Waals surface area contributed by atoms with Crippen molar-refractivity contribution in [1.29, 1.82) is 0 Å². The summed E-state index contributed by atoms with van der Waals surface area (Å²) in [6, 6.07) is 13.4. The first kappa shape index (κ1) is 17.0. The van der Waals surface area contributed by atoms with Gasteiger partial charge in [-0.2, -0.15) is 9.78 Å². The van der Waals surface area contributed by atoms with Crippen LogP contribution in [-0.4, -0.2) is 33.3 Å². The Morgan fingerprint density at radius 3 is 2.80 bits per heavy atom. The highest BCUT2D eigenvalue weighted by Gasteiger charge is 2.05. The second-order valence-electron chi connectivity index (χ2n) is 5.41. The van der Waals surface area contributed by atoms with E-state index in [9.17, 15) is 5.11 Å². The van der Waals surface area contributed by atoms with Crippen LogP contribution < -0.4 is 4.74 Å². The molecule has 0 saturated heterocycles. The van der Waals surface area contributed by atoms with Gasteiger partial charge >= 0.3 is 0 Å². The number of aryl methyl sites for hydroxylation is 1. The number of aromatic hydroxyl groups is 1. The summed E-state index contributed by atoms with van der Waals surface area (Å²) in [4.78, 5) is 0. The number of phenols is 1. The highest BCUT2D eigenvalue weighted by molar-refractivity contribution is 7.98. The van der Waals surface area contributed by atoms with Crippen LogP contribution in [0.5, 0.6) is 11.5 Å². The maximum Gasteiger partial charge on any atom is 0.212 e. The van der Waals surface area contributed by atoms with Crippen molar-refractivity contribution in [2.45, 2.75) is 17.8 Å². The molecule has 3 rings (SSSR count). The maximum atomic E-state index is 9.63. The molecule has 0 aliphatic heterocycles. The third-order valence-electron chi connectivity index (χ3n) is 3.52. The molecule has 0 aliphatic rings. The third kappa shape index (κ3) is 4.39. The molecule has 0 atom stereocenters. The summed E-state index contributed by atoms with van der Waals surface area (Å²) in [5, 5.41) is 22.7. The monoisotopic (exact) mass is 354 g/mol. The number of nitrogens with zero attached hydrogens (tertiary/aromatic N) is 4. The van der Waals surface area contributed by atoms with Gasteiger partial charge in [0.25, 0.3) is 0 Å². The summed E-state index contributed by atoms with van der Waals surface area (Å²) in [7, 11) is 1.51. The van der Waals surface area contributed by atoms with Crippen LogP contribution >= 0.6 is 11.8 Å². The van der Waals surface area contributed by atoms with Gasteiger partial charge in [0, 0.05) is 5.75 Å². The lowest BCUT2D eigenvalue weighted by molar-refractivity contribution is 0.373. The van der Waals surface area contributed by atoms with E-state index in [1.54, 1.807) is 47.2 Å². The average molecular weight is 354 g/mol. The van der Waals surface area contributed by atoms with E-state index in [1.165, 1.54) is 18.2 Å². The molecule has 1 aromatic heterocycles. The van der Waals surface area contributed by atoms with Gasteiger partial charge in [-0.15, -0.1) is 10.2 Å². The van der Waals surface area contributed by atoms with Crippen LogP contribution in [-0.2, 0) is 5.75 Å². The minimum Gasteiger partial charge on any atom is -0.504 e.